The van der Waals surface area contributed by atoms with E-state index in [1.54, 1.807) is 18.3 Å². The van der Waals surface area contributed by atoms with Gasteiger partial charge in [0, 0.05) is 4.70 Å². The van der Waals surface area contributed by atoms with E-state index in [0.717, 1.165) is 5.56 Å². The van der Waals surface area contributed by atoms with Crippen molar-refractivity contribution in [1.29, 1.82) is 0 Å². The lowest BCUT2D eigenvalue weighted by molar-refractivity contribution is 0.201. The molecule has 2 heteroatoms. The third-order valence-electron chi connectivity index (χ3n) is 1.96. The summed E-state index contributed by atoms with van der Waals surface area (Å²) in [5, 5.41) is 12.6. The minimum absolute atomic E-state index is 0.360. The van der Waals surface area contributed by atoms with Crippen LogP contribution in [0, 0.1) is 0 Å². The predicted octanol–water partition coefficient (Wildman–Crippen LogP) is 2.95. The summed E-state index contributed by atoms with van der Waals surface area (Å²) < 4.78 is 1.24. The Morgan fingerprint density at radius 1 is 1.33 bits per heavy atom. The van der Waals surface area contributed by atoms with E-state index in [1.165, 1.54) is 10.1 Å². The number of aliphatic hydroxyl groups excluding tert-OH is 1. The van der Waals surface area contributed by atoms with Crippen LogP contribution in [0.2, 0.25) is 0 Å². The van der Waals surface area contributed by atoms with E-state index in [4.69, 9.17) is 0 Å². The van der Waals surface area contributed by atoms with E-state index in [0.29, 0.717) is 0 Å². The maximum absolute atomic E-state index is 9.42. The first-order valence-corrected chi connectivity index (χ1v) is 4.81. The van der Waals surface area contributed by atoms with Crippen molar-refractivity contribution in [1.82, 2.24) is 0 Å². The summed E-state index contributed by atoms with van der Waals surface area (Å²) in [5.74, 6) is 0. The minimum atomic E-state index is -0.360. The topological polar surface area (TPSA) is 20.2 Å². The zero-order valence-corrected chi connectivity index (χ0v) is 7.64. The lowest BCUT2D eigenvalue weighted by Gasteiger charge is -2.00. The SMILES string of the molecule is C[C@@H](O)c1csc2ccccc12. The average Bonchev–Trinajstić information content (AvgIpc) is 2.47. The van der Waals surface area contributed by atoms with Crippen LogP contribution in [0.5, 0.6) is 0 Å². The smallest absolute Gasteiger partial charge is 0.0776 e. The molecule has 1 nitrogen and oxygen atoms in total. The summed E-state index contributed by atoms with van der Waals surface area (Å²) in [6, 6.07) is 8.14. The molecular formula is C10H10OS. The van der Waals surface area contributed by atoms with Gasteiger partial charge in [-0.2, -0.15) is 0 Å². The molecule has 0 aliphatic carbocycles. The van der Waals surface area contributed by atoms with Crippen molar-refractivity contribution in [2.45, 2.75) is 13.0 Å². The molecule has 62 valence electrons. The lowest BCUT2D eigenvalue weighted by atomic mass is 10.1. The van der Waals surface area contributed by atoms with Crippen LogP contribution >= 0.6 is 11.3 Å². The summed E-state index contributed by atoms with van der Waals surface area (Å²) in [6.07, 6.45) is -0.360. The monoisotopic (exact) mass is 178 g/mol. The van der Waals surface area contributed by atoms with Crippen LogP contribution in [0.25, 0.3) is 10.1 Å². The highest BCUT2D eigenvalue weighted by Crippen LogP contribution is 2.29. The molecule has 0 bridgehead atoms. The summed E-state index contributed by atoms with van der Waals surface area (Å²) in [7, 11) is 0. The fraction of sp³-hybridized carbons (Fsp3) is 0.200. The third-order valence-corrected chi connectivity index (χ3v) is 2.94. The molecule has 1 atom stereocenters. The third kappa shape index (κ3) is 1.13. The van der Waals surface area contributed by atoms with Crippen molar-refractivity contribution in [3.63, 3.8) is 0 Å². The van der Waals surface area contributed by atoms with Gasteiger partial charge in [0.2, 0.25) is 0 Å². The predicted molar refractivity (Wildman–Crippen MR) is 52.5 cm³/mol. The summed E-state index contributed by atoms with van der Waals surface area (Å²) in [6.45, 7) is 1.80. The molecule has 12 heavy (non-hydrogen) atoms. The molecular weight excluding hydrogens is 168 g/mol. The first kappa shape index (κ1) is 7.77. The van der Waals surface area contributed by atoms with Gasteiger partial charge in [0.1, 0.15) is 0 Å². The molecule has 1 aromatic heterocycles. The molecule has 0 amide bonds. The van der Waals surface area contributed by atoms with E-state index in [-0.39, 0.29) is 6.10 Å². The Balaban J connectivity index is 2.70. The van der Waals surface area contributed by atoms with Gasteiger partial charge in [0.05, 0.1) is 6.10 Å². The lowest BCUT2D eigenvalue weighted by Crippen LogP contribution is -1.87. The van der Waals surface area contributed by atoms with Crippen molar-refractivity contribution < 1.29 is 5.11 Å². The number of hydrogen-bond acceptors (Lipinski definition) is 2. The van der Waals surface area contributed by atoms with Crippen LogP contribution in [0.4, 0.5) is 0 Å². The Hall–Kier alpha value is -0.860. The average molecular weight is 178 g/mol. The Kier molecular flexibility index (Phi) is 1.87. The summed E-state index contributed by atoms with van der Waals surface area (Å²) in [5.41, 5.74) is 1.04. The standard InChI is InChI=1S/C10H10OS/c1-7(11)9-6-12-10-5-3-2-4-8(9)10/h2-7,11H,1H3/t7-/m1/s1. The molecule has 0 fully saturated rings. The Labute approximate surface area is 75.3 Å². The summed E-state index contributed by atoms with van der Waals surface area (Å²) in [4.78, 5) is 0. The maximum Gasteiger partial charge on any atom is 0.0776 e. The second-order valence-corrected chi connectivity index (χ2v) is 3.77. The molecule has 0 saturated heterocycles. The second kappa shape index (κ2) is 2.88. The van der Waals surface area contributed by atoms with E-state index in [2.05, 4.69) is 6.07 Å². The maximum atomic E-state index is 9.42. The molecule has 1 heterocycles. The van der Waals surface area contributed by atoms with E-state index in [1.807, 2.05) is 23.6 Å². The van der Waals surface area contributed by atoms with Crippen molar-refractivity contribution in [2.75, 3.05) is 0 Å². The number of thiophene rings is 1. The number of rotatable bonds is 1. The first-order valence-electron chi connectivity index (χ1n) is 3.93. The number of aliphatic hydroxyl groups is 1. The van der Waals surface area contributed by atoms with E-state index < -0.39 is 0 Å². The zero-order chi connectivity index (χ0) is 8.55. The van der Waals surface area contributed by atoms with Gasteiger partial charge in [-0.15, -0.1) is 11.3 Å². The highest BCUT2D eigenvalue weighted by atomic mass is 32.1. The fourth-order valence-corrected chi connectivity index (χ4v) is 2.37. The van der Waals surface area contributed by atoms with Crippen molar-refractivity contribution in [3.8, 4) is 0 Å². The van der Waals surface area contributed by atoms with Crippen molar-refractivity contribution in [3.05, 3.63) is 35.2 Å². The number of fused-ring (bicyclic) bond motifs is 1. The molecule has 0 unspecified atom stereocenters. The molecule has 2 rings (SSSR count). The highest BCUT2D eigenvalue weighted by molar-refractivity contribution is 7.17. The van der Waals surface area contributed by atoms with Crippen LogP contribution in [0.1, 0.15) is 18.6 Å². The number of hydrogen-bond donors (Lipinski definition) is 1. The fourth-order valence-electron chi connectivity index (χ4n) is 1.32. The van der Waals surface area contributed by atoms with Crippen molar-refractivity contribution in [2.24, 2.45) is 0 Å². The highest BCUT2D eigenvalue weighted by Gasteiger charge is 2.06. The molecule has 1 N–H and O–H groups in total. The van der Waals surface area contributed by atoms with E-state index >= 15 is 0 Å². The Bertz CT molecular complexity index is 389. The van der Waals surface area contributed by atoms with Crippen LogP contribution in [-0.2, 0) is 0 Å². The molecule has 0 radical (unpaired) electrons. The number of benzene rings is 1. The van der Waals surface area contributed by atoms with Gasteiger partial charge in [0.15, 0.2) is 0 Å². The van der Waals surface area contributed by atoms with Gasteiger partial charge in [0.25, 0.3) is 0 Å². The largest absolute Gasteiger partial charge is 0.389 e. The second-order valence-electron chi connectivity index (χ2n) is 2.86. The molecule has 0 spiro atoms. The van der Waals surface area contributed by atoms with Crippen LogP contribution in [0.3, 0.4) is 0 Å². The molecule has 0 aliphatic heterocycles. The van der Waals surface area contributed by atoms with Gasteiger partial charge >= 0.3 is 0 Å². The quantitative estimate of drug-likeness (QED) is 0.711. The normalized spacial score (nSPS) is 13.5. The van der Waals surface area contributed by atoms with Gasteiger partial charge in [-0.1, -0.05) is 18.2 Å². The Morgan fingerprint density at radius 2 is 2.08 bits per heavy atom. The van der Waals surface area contributed by atoms with Crippen LogP contribution < -0.4 is 0 Å². The van der Waals surface area contributed by atoms with Gasteiger partial charge in [-0.25, -0.2) is 0 Å². The van der Waals surface area contributed by atoms with Crippen molar-refractivity contribution >= 4 is 21.4 Å². The van der Waals surface area contributed by atoms with Gasteiger partial charge < -0.3 is 5.11 Å². The van der Waals surface area contributed by atoms with Gasteiger partial charge in [-0.3, -0.25) is 0 Å². The zero-order valence-electron chi connectivity index (χ0n) is 6.82. The molecule has 1 aromatic carbocycles. The van der Waals surface area contributed by atoms with E-state index in [9.17, 15) is 5.11 Å². The van der Waals surface area contributed by atoms with Gasteiger partial charge in [-0.05, 0) is 29.3 Å². The Morgan fingerprint density at radius 3 is 2.83 bits per heavy atom. The van der Waals surface area contributed by atoms with Crippen LogP contribution in [-0.4, -0.2) is 5.11 Å². The van der Waals surface area contributed by atoms with Crippen LogP contribution in [0.15, 0.2) is 29.6 Å². The minimum Gasteiger partial charge on any atom is -0.389 e. The molecule has 0 saturated carbocycles. The summed E-state index contributed by atoms with van der Waals surface area (Å²) >= 11 is 1.68. The molecule has 0 aliphatic rings. The molecule has 2 aromatic rings. The first-order chi connectivity index (χ1) is 5.79.